The highest BCUT2D eigenvalue weighted by molar-refractivity contribution is 5.85. The summed E-state index contributed by atoms with van der Waals surface area (Å²) < 4.78 is 5.19. The Balaban J connectivity index is 0.00000256. The molecule has 0 aromatic carbocycles. The number of carbonyl (C=O) groups is 1. The number of halogens is 1. The number of nitrogens with one attached hydrogen (secondary N) is 2. The summed E-state index contributed by atoms with van der Waals surface area (Å²) in [6, 6.07) is 0.333. The smallest absolute Gasteiger partial charge is 0.407 e. The number of carbonyl (C=O) groups excluding carboxylic acids is 1. The minimum Gasteiger partial charge on any atom is -0.444 e. The van der Waals surface area contributed by atoms with Crippen LogP contribution in [0.4, 0.5) is 4.79 Å². The fourth-order valence-corrected chi connectivity index (χ4v) is 1.87. The summed E-state index contributed by atoms with van der Waals surface area (Å²) in [4.78, 5) is 11.5. The monoisotopic (exact) mass is 264 g/mol. The summed E-state index contributed by atoms with van der Waals surface area (Å²) in [5.74, 6) is 0. The van der Waals surface area contributed by atoms with Gasteiger partial charge in [-0.2, -0.15) is 0 Å². The zero-order chi connectivity index (χ0) is 12.4. The van der Waals surface area contributed by atoms with Crippen LogP contribution in [-0.4, -0.2) is 30.8 Å². The van der Waals surface area contributed by atoms with Crippen LogP contribution in [0.3, 0.4) is 0 Å². The van der Waals surface area contributed by atoms with Crippen LogP contribution in [0.25, 0.3) is 0 Å². The first-order valence-corrected chi connectivity index (χ1v) is 5.91. The third-order valence-corrected chi connectivity index (χ3v) is 2.95. The standard InChI is InChI=1S/C12H24N2O2.ClH/c1-11(2,3)16-10(15)14-8-9-12(4,5)6-7-13-9;/h9,13H,6-8H2,1-5H3,(H,14,15);1H. The summed E-state index contributed by atoms with van der Waals surface area (Å²) in [7, 11) is 0. The SMILES string of the molecule is CC(C)(C)OC(=O)NCC1NCCC1(C)C.Cl. The normalized spacial score (nSPS) is 22.8. The summed E-state index contributed by atoms with van der Waals surface area (Å²) in [6.45, 7) is 11.7. The van der Waals surface area contributed by atoms with Gasteiger partial charge in [-0.3, -0.25) is 0 Å². The van der Waals surface area contributed by atoms with Crippen molar-refractivity contribution in [3.05, 3.63) is 0 Å². The molecule has 1 fully saturated rings. The van der Waals surface area contributed by atoms with Gasteiger partial charge in [0.25, 0.3) is 0 Å². The van der Waals surface area contributed by atoms with Gasteiger partial charge in [0.1, 0.15) is 5.60 Å². The Labute approximate surface area is 110 Å². The lowest BCUT2D eigenvalue weighted by molar-refractivity contribution is 0.0517. The molecule has 0 aromatic heterocycles. The highest BCUT2D eigenvalue weighted by Crippen LogP contribution is 2.29. The highest BCUT2D eigenvalue weighted by Gasteiger charge is 2.34. The number of alkyl carbamates (subject to hydrolysis) is 1. The third-order valence-electron chi connectivity index (χ3n) is 2.95. The van der Waals surface area contributed by atoms with Crippen molar-refractivity contribution < 1.29 is 9.53 Å². The zero-order valence-corrected chi connectivity index (χ0v) is 12.2. The molecule has 0 aromatic rings. The van der Waals surface area contributed by atoms with E-state index in [1.54, 1.807) is 0 Å². The molecule has 0 bridgehead atoms. The van der Waals surface area contributed by atoms with Crippen LogP contribution in [-0.2, 0) is 4.74 Å². The second-order valence-corrected chi connectivity index (χ2v) is 6.13. The number of amides is 1. The Bertz CT molecular complexity index is 262. The predicted molar refractivity (Wildman–Crippen MR) is 71.7 cm³/mol. The highest BCUT2D eigenvalue weighted by atomic mass is 35.5. The zero-order valence-electron chi connectivity index (χ0n) is 11.4. The minimum absolute atomic E-state index is 0. The second-order valence-electron chi connectivity index (χ2n) is 6.13. The van der Waals surface area contributed by atoms with Crippen molar-refractivity contribution in [1.29, 1.82) is 0 Å². The van der Waals surface area contributed by atoms with E-state index in [1.807, 2.05) is 20.8 Å². The van der Waals surface area contributed by atoms with E-state index in [2.05, 4.69) is 24.5 Å². The van der Waals surface area contributed by atoms with Crippen LogP contribution in [0.2, 0.25) is 0 Å². The molecule has 17 heavy (non-hydrogen) atoms. The first-order chi connectivity index (χ1) is 7.21. The summed E-state index contributed by atoms with van der Waals surface area (Å²) in [5, 5.41) is 6.21. The van der Waals surface area contributed by atoms with Gasteiger partial charge in [-0.05, 0) is 39.2 Å². The van der Waals surface area contributed by atoms with Gasteiger partial charge in [0, 0.05) is 12.6 Å². The van der Waals surface area contributed by atoms with Crippen LogP contribution < -0.4 is 10.6 Å². The van der Waals surface area contributed by atoms with Crippen molar-refractivity contribution in [2.45, 2.75) is 52.7 Å². The Morgan fingerprint density at radius 3 is 2.47 bits per heavy atom. The van der Waals surface area contributed by atoms with Crippen molar-refractivity contribution in [1.82, 2.24) is 10.6 Å². The molecule has 0 radical (unpaired) electrons. The average Bonchev–Trinajstić information content (AvgIpc) is 2.38. The van der Waals surface area contributed by atoms with E-state index < -0.39 is 5.60 Å². The quantitative estimate of drug-likeness (QED) is 0.805. The molecule has 1 saturated heterocycles. The molecule has 102 valence electrons. The van der Waals surface area contributed by atoms with Gasteiger partial charge >= 0.3 is 6.09 Å². The maximum atomic E-state index is 11.5. The first-order valence-electron chi connectivity index (χ1n) is 5.91. The number of rotatable bonds is 2. The summed E-state index contributed by atoms with van der Waals surface area (Å²) >= 11 is 0. The largest absolute Gasteiger partial charge is 0.444 e. The van der Waals surface area contributed by atoms with Gasteiger partial charge < -0.3 is 15.4 Å². The van der Waals surface area contributed by atoms with Crippen LogP contribution in [0, 0.1) is 5.41 Å². The predicted octanol–water partition coefficient (Wildman–Crippen LogP) is 2.32. The van der Waals surface area contributed by atoms with E-state index in [-0.39, 0.29) is 23.9 Å². The average molecular weight is 265 g/mol. The molecule has 1 aliphatic rings. The van der Waals surface area contributed by atoms with E-state index in [0.29, 0.717) is 12.6 Å². The van der Waals surface area contributed by atoms with Crippen molar-refractivity contribution >= 4 is 18.5 Å². The molecular weight excluding hydrogens is 240 g/mol. The van der Waals surface area contributed by atoms with Crippen molar-refractivity contribution in [3.63, 3.8) is 0 Å². The molecule has 0 saturated carbocycles. The first kappa shape index (κ1) is 16.5. The molecule has 1 aliphatic heterocycles. The second kappa shape index (κ2) is 5.91. The van der Waals surface area contributed by atoms with Crippen LogP contribution >= 0.6 is 12.4 Å². The van der Waals surface area contributed by atoms with Crippen LogP contribution in [0.15, 0.2) is 0 Å². The maximum Gasteiger partial charge on any atom is 0.407 e. The van der Waals surface area contributed by atoms with Gasteiger partial charge in [0.05, 0.1) is 0 Å². The molecule has 1 amide bonds. The number of hydrogen-bond acceptors (Lipinski definition) is 3. The topological polar surface area (TPSA) is 50.4 Å². The molecule has 0 aliphatic carbocycles. The van der Waals surface area contributed by atoms with E-state index in [0.717, 1.165) is 13.0 Å². The van der Waals surface area contributed by atoms with Crippen LogP contribution in [0.5, 0.6) is 0 Å². The number of hydrogen-bond donors (Lipinski definition) is 2. The lowest BCUT2D eigenvalue weighted by Gasteiger charge is -2.27. The lowest BCUT2D eigenvalue weighted by atomic mass is 9.85. The molecule has 1 rings (SSSR count). The van der Waals surface area contributed by atoms with Gasteiger partial charge in [0.15, 0.2) is 0 Å². The number of ether oxygens (including phenoxy) is 1. The van der Waals surface area contributed by atoms with Crippen molar-refractivity contribution in [2.24, 2.45) is 5.41 Å². The molecule has 0 spiro atoms. The Morgan fingerprint density at radius 1 is 1.47 bits per heavy atom. The van der Waals surface area contributed by atoms with Gasteiger partial charge in [0.2, 0.25) is 0 Å². The van der Waals surface area contributed by atoms with Crippen molar-refractivity contribution in [2.75, 3.05) is 13.1 Å². The molecule has 4 nitrogen and oxygen atoms in total. The van der Waals surface area contributed by atoms with E-state index in [1.165, 1.54) is 0 Å². The van der Waals surface area contributed by atoms with Gasteiger partial charge in [-0.25, -0.2) is 4.79 Å². The van der Waals surface area contributed by atoms with Gasteiger partial charge in [-0.1, -0.05) is 13.8 Å². The van der Waals surface area contributed by atoms with E-state index in [9.17, 15) is 4.79 Å². The molecule has 5 heteroatoms. The molecule has 1 heterocycles. The Hall–Kier alpha value is -0.480. The van der Waals surface area contributed by atoms with Crippen LogP contribution in [0.1, 0.15) is 41.0 Å². The summed E-state index contributed by atoms with van der Waals surface area (Å²) in [5.41, 5.74) is -0.183. The summed E-state index contributed by atoms with van der Waals surface area (Å²) in [6.07, 6.45) is 0.810. The Kier molecular flexibility index (Phi) is 5.75. The van der Waals surface area contributed by atoms with E-state index >= 15 is 0 Å². The van der Waals surface area contributed by atoms with Crippen molar-refractivity contribution in [3.8, 4) is 0 Å². The molecule has 1 atom stereocenters. The van der Waals surface area contributed by atoms with E-state index in [4.69, 9.17) is 4.74 Å². The Morgan fingerprint density at radius 2 is 2.06 bits per heavy atom. The molecule has 2 N–H and O–H groups in total. The minimum atomic E-state index is -0.428. The maximum absolute atomic E-state index is 11.5. The molecular formula is C12H25ClN2O2. The fourth-order valence-electron chi connectivity index (χ4n) is 1.87. The third kappa shape index (κ3) is 5.59. The molecule has 1 unspecified atom stereocenters. The lowest BCUT2D eigenvalue weighted by Crippen LogP contribution is -2.44. The fraction of sp³-hybridized carbons (Fsp3) is 0.917. The van der Waals surface area contributed by atoms with Gasteiger partial charge in [-0.15, -0.1) is 12.4 Å².